The standard InChI is InChI=1S/C15H19F3N2O3S/c1-10-8-20(9-14(2,3)23-10)13(21)19-11-4-6-12(7-5-11)24(22)15(16,17)18/h4-7,10H,8-9H2,1-3H3,(H,19,21)/t10-,24+/m1/s1. The molecular weight excluding hydrogens is 345 g/mol. The number of anilines is 1. The Morgan fingerprint density at radius 1 is 1.33 bits per heavy atom. The van der Waals surface area contributed by atoms with Crippen molar-refractivity contribution in [3.05, 3.63) is 24.3 Å². The molecule has 134 valence electrons. The zero-order valence-corrected chi connectivity index (χ0v) is 14.3. The van der Waals surface area contributed by atoms with Crippen molar-refractivity contribution in [2.24, 2.45) is 0 Å². The van der Waals surface area contributed by atoms with Gasteiger partial charge in [0.15, 0.2) is 10.8 Å². The smallest absolute Gasteiger partial charge is 0.369 e. The Hall–Kier alpha value is -1.61. The summed E-state index contributed by atoms with van der Waals surface area (Å²) in [6, 6.07) is 4.41. The van der Waals surface area contributed by atoms with Gasteiger partial charge in [0, 0.05) is 17.1 Å². The SMILES string of the molecule is C[C@@H]1CN(C(=O)Nc2ccc([S@](=O)C(F)(F)F)cc2)CC(C)(C)O1. The average molecular weight is 364 g/mol. The second kappa shape index (κ2) is 6.72. The van der Waals surface area contributed by atoms with Crippen LogP contribution in [0.1, 0.15) is 20.8 Å². The van der Waals surface area contributed by atoms with Gasteiger partial charge < -0.3 is 15.0 Å². The molecule has 0 spiro atoms. The van der Waals surface area contributed by atoms with Crippen molar-refractivity contribution in [3.8, 4) is 0 Å². The summed E-state index contributed by atoms with van der Waals surface area (Å²) in [6.45, 7) is 6.45. The van der Waals surface area contributed by atoms with Crippen molar-refractivity contribution in [2.75, 3.05) is 18.4 Å². The molecule has 9 heteroatoms. The normalized spacial score (nSPS) is 22.1. The van der Waals surface area contributed by atoms with Crippen LogP contribution in [0, 0.1) is 0 Å². The number of ether oxygens (including phenoxy) is 1. The summed E-state index contributed by atoms with van der Waals surface area (Å²) in [4.78, 5) is 13.5. The number of morpholine rings is 1. The summed E-state index contributed by atoms with van der Waals surface area (Å²) in [5, 5.41) is 2.63. The minimum Gasteiger partial charge on any atom is -0.369 e. The van der Waals surface area contributed by atoms with E-state index < -0.39 is 21.9 Å². The van der Waals surface area contributed by atoms with Gasteiger partial charge in [-0.3, -0.25) is 0 Å². The van der Waals surface area contributed by atoms with Crippen molar-refractivity contribution in [2.45, 2.75) is 42.9 Å². The highest BCUT2D eigenvalue weighted by Gasteiger charge is 2.38. The molecule has 0 aromatic heterocycles. The summed E-state index contributed by atoms with van der Waals surface area (Å²) in [5.74, 6) is 0. The van der Waals surface area contributed by atoms with Crippen LogP contribution in [-0.4, -0.2) is 45.4 Å². The Bertz CT molecular complexity index is 632. The zero-order valence-electron chi connectivity index (χ0n) is 13.5. The number of nitrogens with one attached hydrogen (secondary N) is 1. The number of halogens is 3. The Morgan fingerprint density at radius 3 is 2.42 bits per heavy atom. The Balaban J connectivity index is 2.03. The average Bonchev–Trinajstić information content (AvgIpc) is 2.44. The maximum absolute atomic E-state index is 12.4. The lowest BCUT2D eigenvalue weighted by molar-refractivity contribution is -0.116. The minimum atomic E-state index is -4.81. The Morgan fingerprint density at radius 2 is 1.92 bits per heavy atom. The number of urea groups is 1. The fourth-order valence-corrected chi connectivity index (χ4v) is 3.26. The molecule has 5 nitrogen and oxygen atoms in total. The highest BCUT2D eigenvalue weighted by atomic mass is 32.2. The molecule has 2 atom stereocenters. The second-order valence-corrected chi connectivity index (χ2v) is 7.71. The van der Waals surface area contributed by atoms with Gasteiger partial charge >= 0.3 is 11.5 Å². The van der Waals surface area contributed by atoms with E-state index in [1.807, 2.05) is 20.8 Å². The molecule has 24 heavy (non-hydrogen) atoms. The molecule has 2 rings (SSSR count). The molecule has 0 aliphatic carbocycles. The van der Waals surface area contributed by atoms with Crippen molar-refractivity contribution < 1.29 is 26.9 Å². The lowest BCUT2D eigenvalue weighted by atomic mass is 10.1. The zero-order chi connectivity index (χ0) is 18.1. The molecule has 1 aromatic rings. The molecule has 1 aliphatic heterocycles. The molecule has 0 saturated carbocycles. The van der Waals surface area contributed by atoms with Gasteiger partial charge in [-0.2, -0.15) is 13.2 Å². The van der Waals surface area contributed by atoms with Gasteiger partial charge in [-0.1, -0.05) is 0 Å². The molecule has 0 unspecified atom stereocenters. The first-order valence-corrected chi connectivity index (χ1v) is 8.45. The van der Waals surface area contributed by atoms with Gasteiger partial charge in [0.2, 0.25) is 0 Å². The molecule has 1 aliphatic rings. The fourth-order valence-electron chi connectivity index (χ4n) is 2.61. The van der Waals surface area contributed by atoms with E-state index in [9.17, 15) is 22.2 Å². The number of hydrogen-bond donors (Lipinski definition) is 1. The van der Waals surface area contributed by atoms with Crippen molar-refractivity contribution in [3.63, 3.8) is 0 Å². The van der Waals surface area contributed by atoms with Crippen LogP contribution in [0.3, 0.4) is 0 Å². The largest absolute Gasteiger partial charge is 0.475 e. The number of hydrogen-bond acceptors (Lipinski definition) is 3. The third kappa shape index (κ3) is 4.70. The number of nitrogens with zero attached hydrogens (tertiary/aromatic N) is 1. The van der Waals surface area contributed by atoms with Crippen LogP contribution in [0.15, 0.2) is 29.2 Å². The van der Waals surface area contributed by atoms with Gasteiger partial charge in [0.1, 0.15) is 0 Å². The number of carbonyl (C=O) groups excluding carboxylic acids is 1. The van der Waals surface area contributed by atoms with Crippen LogP contribution >= 0.6 is 0 Å². The van der Waals surface area contributed by atoms with E-state index in [0.29, 0.717) is 18.8 Å². The van der Waals surface area contributed by atoms with E-state index in [1.54, 1.807) is 4.90 Å². The number of benzene rings is 1. The quantitative estimate of drug-likeness (QED) is 0.876. The molecule has 1 saturated heterocycles. The molecule has 0 bridgehead atoms. The van der Waals surface area contributed by atoms with E-state index in [2.05, 4.69) is 5.32 Å². The van der Waals surface area contributed by atoms with Crippen molar-refractivity contribution in [1.29, 1.82) is 0 Å². The van der Waals surface area contributed by atoms with Crippen LogP contribution in [-0.2, 0) is 15.5 Å². The lowest BCUT2D eigenvalue weighted by Gasteiger charge is -2.41. The monoisotopic (exact) mass is 364 g/mol. The maximum Gasteiger partial charge on any atom is 0.475 e. The topological polar surface area (TPSA) is 58.6 Å². The van der Waals surface area contributed by atoms with Crippen LogP contribution in [0.25, 0.3) is 0 Å². The first kappa shape index (κ1) is 18.7. The van der Waals surface area contributed by atoms with Crippen molar-refractivity contribution >= 4 is 22.5 Å². The minimum absolute atomic E-state index is 0.115. The summed E-state index contributed by atoms with van der Waals surface area (Å²) in [6.07, 6.45) is -0.115. The van der Waals surface area contributed by atoms with Crippen LogP contribution < -0.4 is 5.32 Å². The first-order valence-electron chi connectivity index (χ1n) is 7.30. The van der Waals surface area contributed by atoms with E-state index in [-0.39, 0.29) is 17.0 Å². The lowest BCUT2D eigenvalue weighted by Crippen LogP contribution is -2.54. The molecule has 1 heterocycles. The van der Waals surface area contributed by atoms with Gasteiger partial charge in [-0.05, 0) is 45.0 Å². The predicted molar refractivity (Wildman–Crippen MR) is 84.1 cm³/mol. The van der Waals surface area contributed by atoms with Crippen LogP contribution in [0.4, 0.5) is 23.7 Å². The van der Waals surface area contributed by atoms with E-state index in [0.717, 1.165) is 12.1 Å². The van der Waals surface area contributed by atoms with Crippen LogP contribution in [0.2, 0.25) is 0 Å². The number of carbonyl (C=O) groups is 1. The Labute approximate surface area is 140 Å². The predicted octanol–water partition coefficient (Wildman–Crippen LogP) is 3.35. The van der Waals surface area contributed by atoms with E-state index >= 15 is 0 Å². The summed E-state index contributed by atoms with van der Waals surface area (Å²) < 4.78 is 54.2. The van der Waals surface area contributed by atoms with Crippen molar-refractivity contribution in [1.82, 2.24) is 4.90 Å². The van der Waals surface area contributed by atoms with Crippen LogP contribution in [0.5, 0.6) is 0 Å². The highest BCUT2D eigenvalue weighted by molar-refractivity contribution is 7.86. The van der Waals surface area contributed by atoms with Gasteiger partial charge in [-0.15, -0.1) is 0 Å². The number of alkyl halides is 3. The Kier molecular flexibility index (Phi) is 5.24. The second-order valence-electron chi connectivity index (χ2n) is 6.24. The van der Waals surface area contributed by atoms with Gasteiger partial charge in [0.25, 0.3) is 0 Å². The number of rotatable bonds is 2. The molecule has 0 radical (unpaired) electrons. The van der Waals surface area contributed by atoms with Gasteiger partial charge in [0.05, 0.1) is 18.2 Å². The van der Waals surface area contributed by atoms with E-state index in [1.165, 1.54) is 12.1 Å². The fraction of sp³-hybridized carbons (Fsp3) is 0.533. The highest BCUT2D eigenvalue weighted by Crippen LogP contribution is 2.27. The molecule has 1 fully saturated rings. The molecule has 2 amide bonds. The maximum atomic E-state index is 12.4. The molecular formula is C15H19F3N2O3S. The summed E-state index contributed by atoms with van der Waals surface area (Å²) >= 11 is 0. The molecule has 1 N–H and O–H groups in total. The third-order valence-corrected chi connectivity index (χ3v) is 4.51. The van der Waals surface area contributed by atoms with E-state index in [4.69, 9.17) is 4.74 Å². The first-order chi connectivity index (χ1) is 11.0. The summed E-state index contributed by atoms with van der Waals surface area (Å²) in [5.41, 5.74) is -4.94. The third-order valence-electron chi connectivity index (χ3n) is 3.39. The van der Waals surface area contributed by atoms with Gasteiger partial charge in [-0.25, -0.2) is 9.00 Å². The molecule has 1 aromatic carbocycles. The summed E-state index contributed by atoms with van der Waals surface area (Å²) in [7, 11) is -3.08. The number of amides is 2.